The molecule has 0 fully saturated rings. The fourth-order valence-corrected chi connectivity index (χ4v) is 2.67. The van der Waals surface area contributed by atoms with Crippen molar-refractivity contribution in [1.29, 1.82) is 0 Å². The predicted molar refractivity (Wildman–Crippen MR) is 99.1 cm³/mol. The molecule has 1 aromatic carbocycles. The summed E-state index contributed by atoms with van der Waals surface area (Å²) in [5.74, 6) is -0.0176. The van der Waals surface area contributed by atoms with Crippen LogP contribution in [0.15, 0.2) is 53.1 Å². The van der Waals surface area contributed by atoms with Crippen LogP contribution in [0, 0.1) is 0 Å². The van der Waals surface area contributed by atoms with Crippen LogP contribution < -0.4 is 0 Å². The number of carbonyl (C=O) groups excluding carboxylic acids is 1. The van der Waals surface area contributed by atoms with E-state index in [2.05, 4.69) is 15.5 Å². The number of likely N-dealkylation sites (N-methyl/N-ethyl adjacent to an activating group) is 1. The van der Waals surface area contributed by atoms with E-state index in [-0.39, 0.29) is 18.1 Å². The van der Waals surface area contributed by atoms with E-state index < -0.39 is 25.0 Å². The van der Waals surface area contributed by atoms with Crippen LogP contribution in [-0.4, -0.2) is 50.3 Å². The number of halogens is 3. The van der Waals surface area contributed by atoms with E-state index >= 15 is 0 Å². The van der Waals surface area contributed by atoms with Gasteiger partial charge in [-0.05, 0) is 29.5 Å². The normalized spacial score (nSPS) is 12.2. The van der Waals surface area contributed by atoms with Gasteiger partial charge in [-0.25, -0.2) is 0 Å². The van der Waals surface area contributed by atoms with Gasteiger partial charge in [-0.1, -0.05) is 30.3 Å². The number of benzene rings is 1. The van der Waals surface area contributed by atoms with Crippen molar-refractivity contribution in [2.75, 3.05) is 13.1 Å². The third-order valence-corrected chi connectivity index (χ3v) is 4.11. The van der Waals surface area contributed by atoms with Gasteiger partial charge in [0.25, 0.3) is 5.91 Å². The number of carbonyl (C=O) groups is 1. The number of hydrogen-bond donors (Lipinski definition) is 0. The summed E-state index contributed by atoms with van der Waals surface area (Å²) in [6.45, 7) is 1.22. The Morgan fingerprint density at radius 3 is 2.59 bits per heavy atom. The van der Waals surface area contributed by atoms with Gasteiger partial charge in [0.2, 0.25) is 0 Å². The number of aromatic nitrogens is 4. The van der Waals surface area contributed by atoms with Gasteiger partial charge in [-0.15, -0.1) is 5.10 Å². The quantitative estimate of drug-likeness (QED) is 0.560. The summed E-state index contributed by atoms with van der Waals surface area (Å²) in [6, 6.07) is 12.2. The highest BCUT2D eigenvalue weighted by molar-refractivity contribution is 6.18. The molecule has 0 bridgehead atoms. The number of hydrogen-bond acceptors (Lipinski definition) is 5. The smallest absolute Gasteiger partial charge is 0.390 e. The maximum absolute atomic E-state index is 13.1. The van der Waals surface area contributed by atoms with Gasteiger partial charge >= 0.3 is 6.18 Å². The van der Waals surface area contributed by atoms with Crippen molar-refractivity contribution in [3.05, 3.63) is 54.5 Å². The second-order valence-electron chi connectivity index (χ2n) is 6.08. The minimum atomic E-state index is -4.37. The largest absolute Gasteiger partial charge is 0.465 e. The monoisotopic (exact) mass is 405 g/mol. The molecule has 0 aliphatic carbocycles. The molecule has 0 unspecified atom stereocenters. The van der Waals surface area contributed by atoms with Crippen molar-refractivity contribution >= 4 is 17.7 Å². The third kappa shape index (κ3) is 5.09. The molecule has 0 aliphatic heterocycles. The Hall–Kier alpha value is -3.43. The van der Waals surface area contributed by atoms with Crippen molar-refractivity contribution in [2.45, 2.75) is 19.5 Å². The van der Waals surface area contributed by atoms with Gasteiger partial charge in [0, 0.05) is 24.7 Å². The average molecular weight is 405 g/mol. The molecule has 0 spiro atoms. The van der Waals surface area contributed by atoms with E-state index in [1.807, 2.05) is 6.07 Å². The molecule has 2 heterocycles. The molecule has 0 N–H and O–H groups in total. The lowest BCUT2D eigenvalue weighted by Crippen LogP contribution is -2.36. The molecule has 152 valence electrons. The van der Waals surface area contributed by atoms with E-state index in [1.54, 1.807) is 43.3 Å². The number of tetrazole rings is 1. The van der Waals surface area contributed by atoms with Gasteiger partial charge in [0.05, 0.1) is 12.7 Å². The van der Waals surface area contributed by atoms with Gasteiger partial charge in [-0.2, -0.15) is 17.9 Å². The fourth-order valence-electron chi connectivity index (χ4n) is 2.67. The van der Waals surface area contributed by atoms with Crippen LogP contribution in [0.4, 0.5) is 13.2 Å². The van der Waals surface area contributed by atoms with E-state index in [0.717, 1.165) is 4.90 Å². The zero-order chi connectivity index (χ0) is 20.9. The molecule has 10 heteroatoms. The summed E-state index contributed by atoms with van der Waals surface area (Å²) in [5, 5.41) is 11.5. The zero-order valence-electron chi connectivity index (χ0n) is 15.5. The average Bonchev–Trinajstić information content (AvgIpc) is 3.38. The van der Waals surface area contributed by atoms with Crippen LogP contribution >= 0.6 is 0 Å². The first-order valence-electron chi connectivity index (χ1n) is 8.84. The molecule has 0 saturated heterocycles. The van der Waals surface area contributed by atoms with Gasteiger partial charge < -0.3 is 9.32 Å². The van der Waals surface area contributed by atoms with Crippen LogP contribution in [-0.2, 0) is 4.79 Å². The van der Waals surface area contributed by atoms with Crippen molar-refractivity contribution in [3.63, 3.8) is 0 Å². The highest BCUT2D eigenvalue weighted by Gasteiger charge is 2.30. The number of nitrogens with zero attached hydrogens (tertiary/aromatic N) is 5. The number of amides is 1. The number of rotatable bonds is 7. The summed E-state index contributed by atoms with van der Waals surface area (Å²) >= 11 is 0. The standard InChI is InChI=1S/C19H18F3N5O2/c1-2-26(11-10-19(20,21)22)18(28)16(13-15-9-6-12-29-15)27-17(23-24-25-27)14-7-4-3-5-8-14/h3-9,12-13H,2,10-11H2,1H3/b16-13+. The molecule has 0 aliphatic rings. The Morgan fingerprint density at radius 2 is 1.97 bits per heavy atom. The second-order valence-corrected chi connectivity index (χ2v) is 6.08. The molecule has 2 aromatic heterocycles. The van der Waals surface area contributed by atoms with Gasteiger partial charge in [0.15, 0.2) is 5.82 Å². The Bertz CT molecular complexity index is 965. The zero-order valence-corrected chi connectivity index (χ0v) is 15.5. The summed E-state index contributed by atoms with van der Waals surface area (Å²) in [6.07, 6.45) is -2.65. The van der Waals surface area contributed by atoms with Crippen LogP contribution in [0.1, 0.15) is 19.1 Å². The predicted octanol–water partition coefficient (Wildman–Crippen LogP) is 3.73. The molecule has 3 rings (SSSR count). The minimum absolute atomic E-state index is 0.0205. The van der Waals surface area contributed by atoms with Gasteiger partial charge in [-0.3, -0.25) is 4.79 Å². The van der Waals surface area contributed by atoms with Crippen molar-refractivity contribution < 1.29 is 22.4 Å². The van der Waals surface area contributed by atoms with Crippen molar-refractivity contribution in [2.24, 2.45) is 0 Å². The Morgan fingerprint density at radius 1 is 1.21 bits per heavy atom. The SMILES string of the molecule is CCN(CCC(F)(F)F)C(=O)/C(=C\c1ccco1)n1nnnc1-c1ccccc1. The fraction of sp³-hybridized carbons (Fsp3) is 0.263. The second kappa shape index (κ2) is 8.72. The first kappa shape index (κ1) is 20.3. The molecule has 1 amide bonds. The molecule has 3 aromatic rings. The maximum Gasteiger partial charge on any atom is 0.390 e. The van der Waals surface area contributed by atoms with Gasteiger partial charge in [0.1, 0.15) is 11.5 Å². The first-order chi connectivity index (χ1) is 13.9. The minimum Gasteiger partial charge on any atom is -0.465 e. The van der Waals surface area contributed by atoms with E-state index in [4.69, 9.17) is 4.42 Å². The summed E-state index contributed by atoms with van der Waals surface area (Å²) in [4.78, 5) is 14.2. The number of furan rings is 1. The maximum atomic E-state index is 13.1. The van der Waals surface area contributed by atoms with E-state index in [9.17, 15) is 18.0 Å². The molecular weight excluding hydrogens is 387 g/mol. The topological polar surface area (TPSA) is 77.0 Å². The van der Waals surface area contributed by atoms with Crippen molar-refractivity contribution in [1.82, 2.24) is 25.1 Å². The summed E-state index contributed by atoms with van der Waals surface area (Å²) in [7, 11) is 0. The highest BCUT2D eigenvalue weighted by Crippen LogP contribution is 2.24. The Kier molecular flexibility index (Phi) is 6.10. The van der Waals surface area contributed by atoms with Crippen LogP contribution in [0.3, 0.4) is 0 Å². The highest BCUT2D eigenvalue weighted by atomic mass is 19.4. The summed E-state index contributed by atoms with van der Waals surface area (Å²) in [5.41, 5.74) is 0.627. The molecule has 0 radical (unpaired) electrons. The number of alkyl halides is 3. The van der Waals surface area contributed by atoms with Crippen LogP contribution in [0.2, 0.25) is 0 Å². The molecule has 0 saturated carbocycles. The molecule has 7 nitrogen and oxygen atoms in total. The first-order valence-corrected chi connectivity index (χ1v) is 8.84. The lowest BCUT2D eigenvalue weighted by molar-refractivity contribution is -0.142. The Balaban J connectivity index is 2.01. The van der Waals surface area contributed by atoms with Crippen LogP contribution in [0.5, 0.6) is 0 Å². The van der Waals surface area contributed by atoms with Crippen molar-refractivity contribution in [3.8, 4) is 11.4 Å². The molecular formula is C19H18F3N5O2. The van der Waals surface area contributed by atoms with E-state index in [0.29, 0.717) is 11.3 Å². The molecule has 0 atom stereocenters. The lowest BCUT2D eigenvalue weighted by atomic mass is 10.2. The lowest BCUT2D eigenvalue weighted by Gasteiger charge is -2.23. The Labute approximate surface area is 164 Å². The van der Waals surface area contributed by atoms with E-state index in [1.165, 1.54) is 17.0 Å². The van der Waals surface area contributed by atoms with Crippen LogP contribution in [0.25, 0.3) is 23.2 Å². The third-order valence-electron chi connectivity index (χ3n) is 4.11. The summed E-state index contributed by atoms with van der Waals surface area (Å²) < 4.78 is 44.5. The molecule has 29 heavy (non-hydrogen) atoms.